The number of nitrogens with zero attached hydrogens (tertiary/aromatic N) is 6. The molecular weight excluding hydrogens is 491 g/mol. The first-order valence-electron chi connectivity index (χ1n) is 11.9. The van der Waals surface area contributed by atoms with Gasteiger partial charge in [-0.2, -0.15) is 5.10 Å². The summed E-state index contributed by atoms with van der Waals surface area (Å²) in [5.41, 5.74) is 4.22. The summed E-state index contributed by atoms with van der Waals surface area (Å²) in [7, 11) is 0. The van der Waals surface area contributed by atoms with Crippen LogP contribution in [0.5, 0.6) is 0 Å². The zero-order chi connectivity index (χ0) is 24.5. The first-order valence-corrected chi connectivity index (χ1v) is 12.7. The molecule has 0 radical (unpaired) electrons. The lowest BCUT2D eigenvalue weighted by Gasteiger charge is -2.40. The van der Waals surface area contributed by atoms with Crippen LogP contribution in [0.3, 0.4) is 0 Å². The SMILES string of the molecule is Clc1ccc(C(c2ccc(Cl)cc2)N2CCN(c3ncnc4c3cnn4-c3ccccc3)CC2)cc1. The largest absolute Gasteiger partial charge is 0.353 e. The normalized spacial score (nSPS) is 14.6. The lowest BCUT2D eigenvalue weighted by Crippen LogP contribution is -2.48. The number of benzene rings is 3. The zero-order valence-corrected chi connectivity index (χ0v) is 21.0. The lowest BCUT2D eigenvalue weighted by molar-refractivity contribution is 0.212. The first kappa shape index (κ1) is 23.0. The van der Waals surface area contributed by atoms with Crippen LogP contribution in [0.1, 0.15) is 17.2 Å². The number of anilines is 1. The van der Waals surface area contributed by atoms with Crippen molar-refractivity contribution in [3.8, 4) is 5.69 Å². The minimum absolute atomic E-state index is 0.118. The van der Waals surface area contributed by atoms with Gasteiger partial charge in [0.1, 0.15) is 12.1 Å². The maximum Gasteiger partial charge on any atom is 0.168 e. The molecule has 2 aromatic heterocycles. The minimum Gasteiger partial charge on any atom is -0.353 e. The van der Waals surface area contributed by atoms with E-state index >= 15 is 0 Å². The predicted molar refractivity (Wildman–Crippen MR) is 145 cm³/mol. The molecule has 180 valence electrons. The third kappa shape index (κ3) is 4.44. The average Bonchev–Trinajstić information content (AvgIpc) is 3.36. The molecule has 0 amide bonds. The second-order valence-corrected chi connectivity index (χ2v) is 9.73. The molecular formula is C28H24Cl2N6. The Bertz CT molecular complexity index is 1410. The van der Waals surface area contributed by atoms with Crippen LogP contribution in [0.25, 0.3) is 16.7 Å². The molecule has 6 rings (SSSR count). The molecule has 0 aliphatic carbocycles. The summed E-state index contributed by atoms with van der Waals surface area (Å²) < 4.78 is 1.87. The van der Waals surface area contributed by atoms with Gasteiger partial charge in [-0.3, -0.25) is 4.90 Å². The van der Waals surface area contributed by atoms with Gasteiger partial charge in [-0.25, -0.2) is 14.6 Å². The van der Waals surface area contributed by atoms with E-state index in [4.69, 9.17) is 23.2 Å². The Morgan fingerprint density at radius 2 is 1.31 bits per heavy atom. The van der Waals surface area contributed by atoms with Gasteiger partial charge in [0.25, 0.3) is 0 Å². The third-order valence-electron chi connectivity index (χ3n) is 6.70. The monoisotopic (exact) mass is 514 g/mol. The van der Waals surface area contributed by atoms with Crippen molar-refractivity contribution in [1.29, 1.82) is 0 Å². The second kappa shape index (κ2) is 9.90. The van der Waals surface area contributed by atoms with Crippen LogP contribution in [-0.4, -0.2) is 50.8 Å². The summed E-state index contributed by atoms with van der Waals surface area (Å²) in [4.78, 5) is 14.0. The van der Waals surface area contributed by atoms with E-state index in [-0.39, 0.29) is 6.04 Å². The van der Waals surface area contributed by atoms with Gasteiger partial charge in [-0.15, -0.1) is 0 Å². The highest BCUT2D eigenvalue weighted by atomic mass is 35.5. The highest BCUT2D eigenvalue weighted by molar-refractivity contribution is 6.30. The molecule has 36 heavy (non-hydrogen) atoms. The van der Waals surface area contributed by atoms with Crippen molar-refractivity contribution in [3.63, 3.8) is 0 Å². The van der Waals surface area contributed by atoms with E-state index in [2.05, 4.69) is 49.1 Å². The van der Waals surface area contributed by atoms with Crippen LogP contribution < -0.4 is 4.90 Å². The van der Waals surface area contributed by atoms with E-state index in [0.717, 1.165) is 58.8 Å². The molecule has 1 aliphatic heterocycles. The standard InChI is InChI=1S/C28H24Cl2N6/c29-22-10-6-20(7-11-22)26(21-8-12-23(30)13-9-21)34-14-16-35(17-15-34)27-25-18-33-36(28(25)32-19-31-27)24-4-2-1-3-5-24/h1-13,18-19,26H,14-17H2. The van der Waals surface area contributed by atoms with E-state index in [1.807, 2.05) is 65.5 Å². The number of hydrogen-bond donors (Lipinski definition) is 0. The van der Waals surface area contributed by atoms with Crippen molar-refractivity contribution in [2.75, 3.05) is 31.1 Å². The molecule has 0 unspecified atom stereocenters. The van der Waals surface area contributed by atoms with Crippen molar-refractivity contribution in [2.45, 2.75) is 6.04 Å². The van der Waals surface area contributed by atoms with Crippen molar-refractivity contribution < 1.29 is 0 Å². The van der Waals surface area contributed by atoms with E-state index in [9.17, 15) is 0 Å². The van der Waals surface area contributed by atoms with E-state index in [1.165, 1.54) is 11.1 Å². The minimum atomic E-state index is 0.118. The smallest absolute Gasteiger partial charge is 0.168 e. The van der Waals surface area contributed by atoms with Crippen molar-refractivity contribution in [3.05, 3.63) is 113 Å². The number of para-hydroxylation sites is 1. The molecule has 1 fully saturated rings. The molecule has 6 nitrogen and oxygen atoms in total. The highest BCUT2D eigenvalue weighted by Gasteiger charge is 2.28. The van der Waals surface area contributed by atoms with Gasteiger partial charge in [-0.1, -0.05) is 65.7 Å². The van der Waals surface area contributed by atoms with Crippen molar-refractivity contribution in [1.82, 2.24) is 24.6 Å². The number of fused-ring (bicyclic) bond motifs is 1. The van der Waals surface area contributed by atoms with Gasteiger partial charge in [0.15, 0.2) is 5.65 Å². The van der Waals surface area contributed by atoms with Crippen LogP contribution >= 0.6 is 23.2 Å². The summed E-state index contributed by atoms with van der Waals surface area (Å²) >= 11 is 12.4. The van der Waals surface area contributed by atoms with Gasteiger partial charge >= 0.3 is 0 Å². The van der Waals surface area contributed by atoms with E-state index < -0.39 is 0 Å². The predicted octanol–water partition coefficient (Wildman–Crippen LogP) is 6.03. The summed E-state index contributed by atoms with van der Waals surface area (Å²) in [5.74, 6) is 0.927. The maximum atomic E-state index is 6.19. The quantitative estimate of drug-likeness (QED) is 0.286. The molecule has 3 heterocycles. The van der Waals surface area contributed by atoms with Crippen LogP contribution in [0.2, 0.25) is 10.0 Å². The molecule has 0 atom stereocenters. The molecule has 5 aromatic rings. The topological polar surface area (TPSA) is 50.1 Å². The molecule has 1 saturated heterocycles. The number of rotatable bonds is 5. The Morgan fingerprint density at radius 3 is 1.92 bits per heavy atom. The molecule has 1 aliphatic rings. The molecule has 8 heteroatoms. The molecule has 0 spiro atoms. The summed E-state index contributed by atoms with van der Waals surface area (Å²) in [6.07, 6.45) is 3.50. The van der Waals surface area contributed by atoms with Gasteiger partial charge in [-0.05, 0) is 47.5 Å². The van der Waals surface area contributed by atoms with E-state index in [0.29, 0.717) is 0 Å². The summed E-state index contributed by atoms with van der Waals surface area (Å²) in [6.45, 7) is 3.46. The van der Waals surface area contributed by atoms with Gasteiger partial charge < -0.3 is 4.90 Å². The van der Waals surface area contributed by atoms with E-state index in [1.54, 1.807) is 6.33 Å². The fourth-order valence-electron chi connectivity index (χ4n) is 4.94. The summed E-state index contributed by atoms with van der Waals surface area (Å²) in [6, 6.07) is 26.4. The Labute approximate surface area is 219 Å². The number of aromatic nitrogens is 4. The third-order valence-corrected chi connectivity index (χ3v) is 7.20. The second-order valence-electron chi connectivity index (χ2n) is 8.86. The molecule has 0 saturated carbocycles. The van der Waals surface area contributed by atoms with Crippen LogP contribution in [0.15, 0.2) is 91.4 Å². The Morgan fingerprint density at radius 1 is 0.694 bits per heavy atom. The fourth-order valence-corrected chi connectivity index (χ4v) is 5.19. The van der Waals surface area contributed by atoms with Crippen LogP contribution in [0, 0.1) is 0 Å². The average molecular weight is 515 g/mol. The maximum absolute atomic E-state index is 6.19. The Hall–Kier alpha value is -3.45. The fraction of sp³-hybridized carbons (Fsp3) is 0.179. The van der Waals surface area contributed by atoms with Gasteiger partial charge in [0, 0.05) is 36.2 Å². The number of piperazine rings is 1. The number of hydrogen-bond acceptors (Lipinski definition) is 5. The van der Waals surface area contributed by atoms with Crippen LogP contribution in [-0.2, 0) is 0 Å². The highest BCUT2D eigenvalue weighted by Crippen LogP contribution is 2.33. The van der Waals surface area contributed by atoms with Crippen molar-refractivity contribution >= 4 is 40.1 Å². The Kier molecular flexibility index (Phi) is 6.32. The van der Waals surface area contributed by atoms with Crippen molar-refractivity contribution in [2.24, 2.45) is 0 Å². The van der Waals surface area contributed by atoms with Crippen LogP contribution in [0.4, 0.5) is 5.82 Å². The lowest BCUT2D eigenvalue weighted by atomic mass is 9.96. The first-order chi connectivity index (χ1) is 17.7. The molecule has 3 aromatic carbocycles. The van der Waals surface area contributed by atoms with Gasteiger partial charge in [0.2, 0.25) is 0 Å². The van der Waals surface area contributed by atoms with Gasteiger partial charge in [0.05, 0.1) is 23.3 Å². The molecule has 0 bridgehead atoms. The molecule has 0 N–H and O–H groups in total. The summed E-state index contributed by atoms with van der Waals surface area (Å²) in [5, 5.41) is 7.05. The Balaban J connectivity index is 1.27. The zero-order valence-electron chi connectivity index (χ0n) is 19.5. The number of halogens is 2.